The summed E-state index contributed by atoms with van der Waals surface area (Å²) in [5, 5.41) is 3.82. The summed E-state index contributed by atoms with van der Waals surface area (Å²) in [6.45, 7) is 2.73. The average Bonchev–Trinajstić information content (AvgIpc) is 2.37. The van der Waals surface area contributed by atoms with Gasteiger partial charge in [-0.1, -0.05) is 35.0 Å². The van der Waals surface area contributed by atoms with Crippen molar-refractivity contribution in [2.45, 2.75) is 18.2 Å². The molecule has 1 aromatic heterocycles. The number of pyridine rings is 1. The van der Waals surface area contributed by atoms with Crippen LogP contribution in [-0.4, -0.2) is 22.3 Å². The molecule has 0 saturated heterocycles. The van der Waals surface area contributed by atoms with E-state index >= 15 is 0 Å². The number of amides is 1. The molecule has 0 saturated carbocycles. The maximum Gasteiger partial charge on any atom is 0.251 e. The Balaban J connectivity index is 2.17. The second-order valence-corrected chi connectivity index (χ2v) is 5.76. The van der Waals surface area contributed by atoms with Crippen LogP contribution in [0.3, 0.4) is 0 Å². The number of fused-ring (bicyclic) bond motifs is 1. The fourth-order valence-corrected chi connectivity index (χ4v) is 2.01. The number of hydrogen-bond donors (Lipinski definition) is 1. The van der Waals surface area contributed by atoms with Crippen molar-refractivity contribution in [2.75, 3.05) is 6.54 Å². The standard InChI is InChI=1S/C14H15BrN2O/c1-10(15)7-9-17-14(18)12-4-2-6-13-11(12)5-3-8-16-13/h2-6,8,10H,7,9H2,1H3,(H,17,18). The largest absolute Gasteiger partial charge is 0.352 e. The molecule has 0 aliphatic heterocycles. The molecule has 1 unspecified atom stereocenters. The highest BCUT2D eigenvalue weighted by Crippen LogP contribution is 2.16. The van der Waals surface area contributed by atoms with Crippen molar-refractivity contribution in [1.82, 2.24) is 10.3 Å². The van der Waals surface area contributed by atoms with Gasteiger partial charge in [0.05, 0.1) is 5.52 Å². The van der Waals surface area contributed by atoms with Gasteiger partial charge in [-0.15, -0.1) is 0 Å². The molecule has 0 aliphatic rings. The van der Waals surface area contributed by atoms with Crippen LogP contribution in [0.15, 0.2) is 36.5 Å². The molecular formula is C14H15BrN2O. The normalized spacial score (nSPS) is 12.3. The van der Waals surface area contributed by atoms with Gasteiger partial charge in [-0.25, -0.2) is 0 Å². The summed E-state index contributed by atoms with van der Waals surface area (Å²) in [6.07, 6.45) is 2.64. The molecule has 1 aromatic carbocycles. The maximum absolute atomic E-state index is 12.1. The molecule has 1 atom stereocenters. The number of carbonyl (C=O) groups excluding carboxylic acids is 1. The van der Waals surface area contributed by atoms with Gasteiger partial charge in [-0.2, -0.15) is 0 Å². The number of halogens is 1. The second-order valence-electron chi connectivity index (χ2n) is 4.20. The van der Waals surface area contributed by atoms with Crippen LogP contribution in [-0.2, 0) is 0 Å². The fraction of sp³-hybridized carbons (Fsp3) is 0.286. The van der Waals surface area contributed by atoms with E-state index in [0.717, 1.165) is 17.3 Å². The number of carbonyl (C=O) groups is 1. The summed E-state index contributed by atoms with van der Waals surface area (Å²) in [6, 6.07) is 9.37. The van der Waals surface area contributed by atoms with Crippen LogP contribution < -0.4 is 5.32 Å². The average molecular weight is 307 g/mol. The first kappa shape index (κ1) is 13.0. The number of rotatable bonds is 4. The Labute approximate surface area is 115 Å². The summed E-state index contributed by atoms with van der Waals surface area (Å²) in [7, 11) is 0. The van der Waals surface area contributed by atoms with Gasteiger partial charge in [0.25, 0.3) is 5.91 Å². The molecule has 4 heteroatoms. The molecule has 0 aliphatic carbocycles. The molecule has 1 heterocycles. The van der Waals surface area contributed by atoms with Gasteiger partial charge in [0, 0.05) is 28.5 Å². The van der Waals surface area contributed by atoms with Crippen LogP contribution in [0, 0.1) is 0 Å². The van der Waals surface area contributed by atoms with Gasteiger partial charge in [0.15, 0.2) is 0 Å². The third-order valence-corrected chi connectivity index (χ3v) is 3.18. The topological polar surface area (TPSA) is 42.0 Å². The molecule has 0 radical (unpaired) electrons. The van der Waals surface area contributed by atoms with Crippen molar-refractivity contribution >= 4 is 32.7 Å². The second kappa shape index (κ2) is 5.96. The van der Waals surface area contributed by atoms with Crippen molar-refractivity contribution in [2.24, 2.45) is 0 Å². The van der Waals surface area contributed by atoms with Crippen LogP contribution >= 0.6 is 15.9 Å². The van der Waals surface area contributed by atoms with E-state index < -0.39 is 0 Å². The van der Waals surface area contributed by atoms with Crippen LogP contribution in [0.25, 0.3) is 10.9 Å². The van der Waals surface area contributed by atoms with E-state index in [1.807, 2.05) is 30.3 Å². The molecule has 94 valence electrons. The van der Waals surface area contributed by atoms with E-state index in [0.29, 0.717) is 16.9 Å². The first-order valence-electron chi connectivity index (χ1n) is 5.94. The summed E-state index contributed by atoms with van der Waals surface area (Å²) in [4.78, 5) is 16.7. The van der Waals surface area contributed by atoms with E-state index in [-0.39, 0.29) is 5.91 Å². The fourth-order valence-electron chi connectivity index (χ4n) is 1.78. The SMILES string of the molecule is CC(Br)CCNC(=O)c1cccc2ncccc12. The summed E-state index contributed by atoms with van der Waals surface area (Å²) in [5.41, 5.74) is 1.53. The predicted octanol–water partition coefficient (Wildman–Crippen LogP) is 3.14. The Morgan fingerprint density at radius 2 is 2.22 bits per heavy atom. The van der Waals surface area contributed by atoms with Crippen molar-refractivity contribution in [3.8, 4) is 0 Å². The zero-order chi connectivity index (χ0) is 13.0. The quantitative estimate of drug-likeness (QED) is 0.882. The zero-order valence-electron chi connectivity index (χ0n) is 10.2. The minimum atomic E-state index is -0.0400. The van der Waals surface area contributed by atoms with Gasteiger partial charge < -0.3 is 5.32 Å². The van der Waals surface area contributed by atoms with Crippen molar-refractivity contribution in [3.05, 3.63) is 42.1 Å². The van der Waals surface area contributed by atoms with Gasteiger partial charge >= 0.3 is 0 Å². The number of hydrogen-bond acceptors (Lipinski definition) is 2. The highest BCUT2D eigenvalue weighted by molar-refractivity contribution is 9.09. The lowest BCUT2D eigenvalue weighted by Gasteiger charge is -2.08. The Morgan fingerprint density at radius 3 is 3.00 bits per heavy atom. The molecule has 2 rings (SSSR count). The monoisotopic (exact) mass is 306 g/mol. The van der Waals surface area contributed by atoms with Gasteiger partial charge in [0.1, 0.15) is 0 Å². The summed E-state index contributed by atoms with van der Waals surface area (Å²) < 4.78 is 0. The first-order chi connectivity index (χ1) is 8.68. The smallest absolute Gasteiger partial charge is 0.251 e. The predicted molar refractivity (Wildman–Crippen MR) is 77.1 cm³/mol. The lowest BCUT2D eigenvalue weighted by atomic mass is 10.1. The number of alkyl halides is 1. The molecular weight excluding hydrogens is 292 g/mol. The molecule has 0 spiro atoms. The van der Waals surface area contributed by atoms with Crippen LogP contribution in [0.2, 0.25) is 0 Å². The van der Waals surface area contributed by atoms with E-state index in [9.17, 15) is 4.79 Å². The van der Waals surface area contributed by atoms with Gasteiger partial charge in [-0.3, -0.25) is 9.78 Å². The Bertz CT molecular complexity index is 549. The summed E-state index contributed by atoms with van der Waals surface area (Å²) >= 11 is 3.46. The van der Waals surface area contributed by atoms with Crippen LogP contribution in [0.4, 0.5) is 0 Å². The lowest BCUT2D eigenvalue weighted by molar-refractivity contribution is 0.0955. The third kappa shape index (κ3) is 3.07. The Kier molecular flexibility index (Phi) is 4.31. The molecule has 2 aromatic rings. The first-order valence-corrected chi connectivity index (χ1v) is 6.86. The lowest BCUT2D eigenvalue weighted by Crippen LogP contribution is -2.25. The molecule has 0 bridgehead atoms. The molecule has 1 amide bonds. The minimum Gasteiger partial charge on any atom is -0.352 e. The van der Waals surface area contributed by atoms with Crippen LogP contribution in [0.1, 0.15) is 23.7 Å². The Morgan fingerprint density at radius 1 is 1.39 bits per heavy atom. The van der Waals surface area contributed by atoms with Crippen molar-refractivity contribution < 1.29 is 4.79 Å². The highest BCUT2D eigenvalue weighted by Gasteiger charge is 2.09. The number of nitrogens with zero attached hydrogens (tertiary/aromatic N) is 1. The van der Waals surface area contributed by atoms with E-state index in [4.69, 9.17) is 0 Å². The van der Waals surface area contributed by atoms with Crippen LogP contribution in [0.5, 0.6) is 0 Å². The molecule has 18 heavy (non-hydrogen) atoms. The van der Waals surface area contributed by atoms with Gasteiger partial charge in [-0.05, 0) is 24.6 Å². The number of benzene rings is 1. The third-order valence-electron chi connectivity index (χ3n) is 2.72. The number of nitrogens with one attached hydrogen (secondary N) is 1. The highest BCUT2D eigenvalue weighted by atomic mass is 79.9. The maximum atomic E-state index is 12.1. The Hall–Kier alpha value is -1.42. The molecule has 3 nitrogen and oxygen atoms in total. The van der Waals surface area contributed by atoms with E-state index in [1.54, 1.807) is 6.20 Å². The van der Waals surface area contributed by atoms with E-state index in [1.165, 1.54) is 0 Å². The zero-order valence-corrected chi connectivity index (χ0v) is 11.8. The van der Waals surface area contributed by atoms with Gasteiger partial charge in [0.2, 0.25) is 0 Å². The van der Waals surface area contributed by atoms with Crippen molar-refractivity contribution in [3.63, 3.8) is 0 Å². The minimum absolute atomic E-state index is 0.0400. The molecule has 1 N–H and O–H groups in total. The summed E-state index contributed by atoms with van der Waals surface area (Å²) in [5.74, 6) is -0.0400. The van der Waals surface area contributed by atoms with Crippen molar-refractivity contribution in [1.29, 1.82) is 0 Å². The van der Waals surface area contributed by atoms with E-state index in [2.05, 4.69) is 33.2 Å². The number of aromatic nitrogens is 1. The molecule has 0 fully saturated rings.